The van der Waals surface area contributed by atoms with Gasteiger partial charge in [0, 0.05) is 54.8 Å². The Morgan fingerprint density at radius 1 is 0.327 bits per heavy atom. The maximum atomic E-state index is 10.8. The van der Waals surface area contributed by atoms with Crippen LogP contribution in [0.4, 0.5) is 0 Å². The van der Waals surface area contributed by atoms with Crippen LogP contribution in [0.3, 0.4) is 0 Å². The number of fused-ring (bicyclic) bond motifs is 9. The second kappa shape index (κ2) is 11.8. The van der Waals surface area contributed by atoms with Crippen molar-refractivity contribution in [2.45, 2.75) is 0 Å². The van der Waals surface area contributed by atoms with E-state index < -0.39 is 0 Å². The highest BCUT2D eigenvalue weighted by Crippen LogP contribution is 2.40. The largest absolute Gasteiger partial charge is 0.309 e. The summed E-state index contributed by atoms with van der Waals surface area (Å²) in [5, 5.41) is 27.3. The van der Waals surface area contributed by atoms with Crippen molar-refractivity contribution in [3.63, 3.8) is 0 Å². The zero-order valence-corrected chi connectivity index (χ0v) is 29.5. The molecule has 0 aliphatic rings. The fourth-order valence-corrected chi connectivity index (χ4v) is 8.77. The van der Waals surface area contributed by atoms with Gasteiger partial charge in [0.05, 0.1) is 62.1 Å². The Labute approximate surface area is 316 Å². The van der Waals surface area contributed by atoms with Crippen LogP contribution in [0, 0.1) is 22.7 Å². The SMILES string of the molecule is N#Cc1ccc2c(c1)c1ccccc1n2-c1ccc2c3ccccc3n(-c3ccc(-c4ccccc4-n4c5ccccc5c5ccccc54)c(C#N)c3)c2c1. The summed E-state index contributed by atoms with van der Waals surface area (Å²) >= 11 is 0. The number of hydrogen-bond acceptors (Lipinski definition) is 2. The first kappa shape index (κ1) is 30.7. The topological polar surface area (TPSA) is 62.4 Å². The minimum atomic E-state index is 0.600. The lowest BCUT2D eigenvalue weighted by molar-refractivity contribution is 1.15. The van der Waals surface area contributed by atoms with Crippen LogP contribution in [0.25, 0.3) is 93.6 Å². The molecule has 11 rings (SSSR count). The van der Waals surface area contributed by atoms with Gasteiger partial charge in [0.25, 0.3) is 0 Å². The average Bonchev–Trinajstić information content (AvgIpc) is 3.88. The maximum absolute atomic E-state index is 10.8. The van der Waals surface area contributed by atoms with E-state index in [2.05, 4.69) is 165 Å². The predicted molar refractivity (Wildman–Crippen MR) is 224 cm³/mol. The molecule has 3 heterocycles. The lowest BCUT2D eigenvalue weighted by atomic mass is 9.97. The quantitative estimate of drug-likeness (QED) is 0.184. The van der Waals surface area contributed by atoms with Gasteiger partial charge in [0.2, 0.25) is 0 Å². The minimum Gasteiger partial charge on any atom is -0.309 e. The van der Waals surface area contributed by atoms with Gasteiger partial charge >= 0.3 is 0 Å². The summed E-state index contributed by atoms with van der Waals surface area (Å²) in [6, 6.07) is 65.9. The lowest BCUT2D eigenvalue weighted by Gasteiger charge is -2.16. The second-order valence-corrected chi connectivity index (χ2v) is 14.0. The highest BCUT2D eigenvalue weighted by atomic mass is 15.0. The first-order valence-corrected chi connectivity index (χ1v) is 18.3. The molecule has 254 valence electrons. The van der Waals surface area contributed by atoms with Crippen molar-refractivity contribution in [3.05, 3.63) is 187 Å². The van der Waals surface area contributed by atoms with Crippen LogP contribution >= 0.6 is 0 Å². The third-order valence-electron chi connectivity index (χ3n) is 11.1. The van der Waals surface area contributed by atoms with Crippen molar-refractivity contribution in [3.8, 4) is 40.3 Å². The maximum Gasteiger partial charge on any atom is 0.0998 e. The lowest BCUT2D eigenvalue weighted by Crippen LogP contribution is -2.00. The number of aromatic nitrogens is 3. The summed E-state index contributed by atoms with van der Waals surface area (Å²) in [5.41, 5.74) is 12.6. The van der Waals surface area contributed by atoms with Crippen LogP contribution in [-0.4, -0.2) is 13.7 Å². The Kier molecular flexibility index (Phi) is 6.61. The summed E-state index contributed by atoms with van der Waals surface area (Å²) in [6.07, 6.45) is 0. The van der Waals surface area contributed by atoms with Gasteiger partial charge in [0.15, 0.2) is 0 Å². The first-order valence-electron chi connectivity index (χ1n) is 18.3. The fraction of sp³-hybridized carbons (Fsp3) is 0. The molecule has 0 fully saturated rings. The van der Waals surface area contributed by atoms with Crippen molar-refractivity contribution in [1.29, 1.82) is 10.5 Å². The normalized spacial score (nSPS) is 11.6. The van der Waals surface area contributed by atoms with E-state index in [0.29, 0.717) is 11.1 Å². The number of nitriles is 2. The number of hydrogen-bond donors (Lipinski definition) is 0. The van der Waals surface area contributed by atoms with Gasteiger partial charge in [-0.25, -0.2) is 0 Å². The molecule has 0 saturated heterocycles. The zero-order chi connectivity index (χ0) is 36.6. The first-order chi connectivity index (χ1) is 27.2. The number of rotatable bonds is 4. The molecule has 0 aliphatic carbocycles. The molecule has 0 atom stereocenters. The third-order valence-corrected chi connectivity index (χ3v) is 11.1. The molecular formula is C50H29N5. The van der Waals surface area contributed by atoms with Crippen LogP contribution in [0.5, 0.6) is 0 Å². The van der Waals surface area contributed by atoms with Gasteiger partial charge in [-0.3, -0.25) is 0 Å². The molecule has 8 aromatic carbocycles. The van der Waals surface area contributed by atoms with E-state index in [0.717, 1.165) is 82.8 Å². The predicted octanol–water partition coefficient (Wildman–Crippen LogP) is 12.4. The highest BCUT2D eigenvalue weighted by Gasteiger charge is 2.20. The number of para-hydroxylation sites is 5. The van der Waals surface area contributed by atoms with Crippen LogP contribution in [-0.2, 0) is 0 Å². The highest BCUT2D eigenvalue weighted by molar-refractivity contribution is 6.13. The Morgan fingerprint density at radius 2 is 0.818 bits per heavy atom. The van der Waals surface area contributed by atoms with Crippen molar-refractivity contribution in [1.82, 2.24) is 13.7 Å². The van der Waals surface area contributed by atoms with Crippen LogP contribution in [0.15, 0.2) is 176 Å². The summed E-state index contributed by atoms with van der Waals surface area (Å²) in [5.74, 6) is 0. The molecule has 0 unspecified atom stereocenters. The summed E-state index contributed by atoms with van der Waals surface area (Å²) < 4.78 is 6.88. The van der Waals surface area contributed by atoms with Gasteiger partial charge in [-0.05, 0) is 72.8 Å². The van der Waals surface area contributed by atoms with Crippen LogP contribution in [0.2, 0.25) is 0 Å². The molecule has 0 amide bonds. The Bertz CT molecular complexity index is 3420. The van der Waals surface area contributed by atoms with Crippen molar-refractivity contribution in [2.75, 3.05) is 0 Å². The molecule has 3 aromatic heterocycles. The number of benzene rings is 8. The van der Waals surface area contributed by atoms with E-state index in [1.54, 1.807) is 0 Å². The molecule has 5 nitrogen and oxygen atoms in total. The summed E-state index contributed by atoms with van der Waals surface area (Å²) in [7, 11) is 0. The third kappa shape index (κ3) is 4.45. The molecule has 0 aliphatic heterocycles. The molecule has 0 N–H and O–H groups in total. The summed E-state index contributed by atoms with van der Waals surface area (Å²) in [6.45, 7) is 0. The average molecular weight is 700 g/mol. The molecule has 0 saturated carbocycles. The van der Waals surface area contributed by atoms with Crippen molar-refractivity contribution >= 4 is 65.4 Å². The molecule has 0 spiro atoms. The van der Waals surface area contributed by atoms with E-state index in [1.807, 2.05) is 36.4 Å². The molecule has 0 bridgehead atoms. The molecule has 5 heteroatoms. The molecule has 0 radical (unpaired) electrons. The van der Waals surface area contributed by atoms with E-state index in [1.165, 1.54) is 10.8 Å². The Hall–Kier alpha value is -7.86. The van der Waals surface area contributed by atoms with Gasteiger partial charge in [-0.15, -0.1) is 0 Å². The van der Waals surface area contributed by atoms with E-state index >= 15 is 0 Å². The molecule has 11 aromatic rings. The zero-order valence-electron chi connectivity index (χ0n) is 29.5. The Morgan fingerprint density at radius 3 is 1.45 bits per heavy atom. The minimum absolute atomic E-state index is 0.600. The monoisotopic (exact) mass is 699 g/mol. The molecular weight excluding hydrogens is 671 g/mol. The Balaban J connectivity index is 1.13. The van der Waals surface area contributed by atoms with Gasteiger partial charge < -0.3 is 13.7 Å². The van der Waals surface area contributed by atoms with Gasteiger partial charge in [-0.1, -0.05) is 103 Å². The van der Waals surface area contributed by atoms with Crippen LogP contribution in [0.1, 0.15) is 11.1 Å². The number of nitrogens with zero attached hydrogens (tertiary/aromatic N) is 5. The van der Waals surface area contributed by atoms with E-state index in [9.17, 15) is 10.5 Å². The second-order valence-electron chi connectivity index (χ2n) is 14.0. The van der Waals surface area contributed by atoms with Crippen molar-refractivity contribution in [2.24, 2.45) is 0 Å². The van der Waals surface area contributed by atoms with Gasteiger partial charge in [-0.2, -0.15) is 10.5 Å². The van der Waals surface area contributed by atoms with E-state index in [4.69, 9.17) is 0 Å². The van der Waals surface area contributed by atoms with Crippen molar-refractivity contribution < 1.29 is 0 Å². The fourth-order valence-electron chi connectivity index (χ4n) is 8.77. The van der Waals surface area contributed by atoms with Gasteiger partial charge in [0.1, 0.15) is 0 Å². The smallest absolute Gasteiger partial charge is 0.0998 e. The van der Waals surface area contributed by atoms with E-state index in [-0.39, 0.29) is 0 Å². The van der Waals surface area contributed by atoms with Crippen LogP contribution < -0.4 is 0 Å². The molecule has 55 heavy (non-hydrogen) atoms. The summed E-state index contributed by atoms with van der Waals surface area (Å²) in [4.78, 5) is 0. The standard InChI is InChI=1S/C50H29N5/c51-30-32-21-26-49-43(27-32)41-15-5-7-17-45(41)53(49)35-23-25-42-40-14-2-6-16-44(40)54(50(42)29-35)34-22-24-36(33(28-34)31-52)37-11-1-8-18-46(37)55-47-19-9-3-12-38(47)39-13-4-10-20-48(39)55/h1-29H.